The van der Waals surface area contributed by atoms with Crippen LogP contribution in [0, 0.1) is 5.92 Å². The van der Waals surface area contributed by atoms with E-state index in [2.05, 4.69) is 10.2 Å². The molecule has 1 saturated heterocycles. The van der Waals surface area contributed by atoms with E-state index in [1.54, 1.807) is 0 Å². The molecule has 2 atom stereocenters. The van der Waals surface area contributed by atoms with Gasteiger partial charge < -0.3 is 10.6 Å². The van der Waals surface area contributed by atoms with Gasteiger partial charge in [-0.05, 0) is 12.3 Å². The van der Waals surface area contributed by atoms with E-state index >= 15 is 0 Å². The zero-order valence-electron chi connectivity index (χ0n) is 9.24. The molecule has 2 N–H and O–H groups in total. The number of hydrogen-bond donors (Lipinski definition) is 1. The van der Waals surface area contributed by atoms with Gasteiger partial charge in [0.2, 0.25) is 10.1 Å². The summed E-state index contributed by atoms with van der Waals surface area (Å²) >= 11 is 0.581. The number of rotatable bonds is 2. The van der Waals surface area contributed by atoms with Crippen LogP contribution in [0.2, 0.25) is 0 Å². The standard InChI is InChI=1S/C9H13F3N4S/c1-5-2-3-16(6(5)4-13)8-15-14-7(17-8)9(10,11)12/h5-6H,2-4,13H2,1H3. The molecular formula is C9H13F3N4S. The Morgan fingerprint density at radius 1 is 1.47 bits per heavy atom. The van der Waals surface area contributed by atoms with Gasteiger partial charge in [-0.2, -0.15) is 13.2 Å². The number of anilines is 1. The number of aromatic nitrogens is 2. The van der Waals surface area contributed by atoms with Gasteiger partial charge in [0, 0.05) is 19.1 Å². The van der Waals surface area contributed by atoms with Crippen LogP contribution in [0.25, 0.3) is 0 Å². The van der Waals surface area contributed by atoms with Crippen LogP contribution >= 0.6 is 11.3 Å². The Bertz CT molecular complexity index is 392. The number of alkyl halides is 3. The first-order valence-electron chi connectivity index (χ1n) is 5.31. The number of hydrogen-bond acceptors (Lipinski definition) is 5. The molecule has 2 heterocycles. The average Bonchev–Trinajstić information content (AvgIpc) is 2.82. The van der Waals surface area contributed by atoms with Crippen molar-refractivity contribution in [2.75, 3.05) is 18.0 Å². The Kier molecular flexibility index (Phi) is 3.26. The summed E-state index contributed by atoms with van der Waals surface area (Å²) in [7, 11) is 0. The molecule has 1 aliphatic rings. The van der Waals surface area contributed by atoms with Crippen LogP contribution in [0.4, 0.5) is 18.3 Å². The molecule has 4 nitrogen and oxygen atoms in total. The summed E-state index contributed by atoms with van der Waals surface area (Å²) in [4.78, 5) is 1.83. The van der Waals surface area contributed by atoms with E-state index in [1.165, 1.54) is 0 Å². The fraction of sp³-hybridized carbons (Fsp3) is 0.778. The fourth-order valence-corrected chi connectivity index (χ4v) is 2.85. The van der Waals surface area contributed by atoms with Gasteiger partial charge in [-0.3, -0.25) is 0 Å². The summed E-state index contributed by atoms with van der Waals surface area (Å²) in [6, 6.07) is 0.0593. The van der Waals surface area contributed by atoms with E-state index in [0.717, 1.165) is 6.42 Å². The summed E-state index contributed by atoms with van der Waals surface area (Å²) in [5, 5.41) is 6.22. The van der Waals surface area contributed by atoms with Crippen molar-refractivity contribution in [2.24, 2.45) is 11.7 Å². The first-order valence-corrected chi connectivity index (χ1v) is 6.12. The first kappa shape index (κ1) is 12.6. The maximum Gasteiger partial charge on any atom is 0.445 e. The van der Waals surface area contributed by atoms with Crippen LogP contribution in [0.15, 0.2) is 0 Å². The minimum Gasteiger partial charge on any atom is -0.342 e. The predicted molar refractivity (Wildman–Crippen MR) is 58.9 cm³/mol. The molecule has 0 bridgehead atoms. The molecule has 0 saturated carbocycles. The van der Waals surface area contributed by atoms with Crippen LogP contribution in [0.5, 0.6) is 0 Å². The van der Waals surface area contributed by atoms with E-state index in [9.17, 15) is 13.2 Å². The van der Waals surface area contributed by atoms with Crippen molar-refractivity contribution in [1.29, 1.82) is 0 Å². The highest BCUT2D eigenvalue weighted by atomic mass is 32.1. The minimum absolute atomic E-state index is 0.0593. The van der Waals surface area contributed by atoms with Crippen LogP contribution < -0.4 is 10.6 Å². The Labute approximate surface area is 101 Å². The van der Waals surface area contributed by atoms with Gasteiger partial charge in [0.15, 0.2) is 0 Å². The minimum atomic E-state index is -4.42. The van der Waals surface area contributed by atoms with Crippen LogP contribution in [-0.4, -0.2) is 29.3 Å². The molecule has 0 aliphatic carbocycles. The quantitative estimate of drug-likeness (QED) is 0.885. The molecule has 0 spiro atoms. The lowest BCUT2D eigenvalue weighted by molar-refractivity contribution is -0.138. The molecular weight excluding hydrogens is 253 g/mol. The topological polar surface area (TPSA) is 55.0 Å². The van der Waals surface area contributed by atoms with Gasteiger partial charge in [-0.15, -0.1) is 10.2 Å². The molecule has 1 fully saturated rings. The molecule has 17 heavy (non-hydrogen) atoms. The maximum absolute atomic E-state index is 12.4. The second kappa shape index (κ2) is 4.41. The highest BCUT2D eigenvalue weighted by Crippen LogP contribution is 2.37. The van der Waals surface area contributed by atoms with E-state index in [-0.39, 0.29) is 6.04 Å². The highest BCUT2D eigenvalue weighted by Gasteiger charge is 2.38. The lowest BCUT2D eigenvalue weighted by Gasteiger charge is -2.24. The monoisotopic (exact) mass is 266 g/mol. The average molecular weight is 266 g/mol. The Morgan fingerprint density at radius 2 is 2.18 bits per heavy atom. The first-order chi connectivity index (χ1) is 7.93. The summed E-state index contributed by atoms with van der Waals surface area (Å²) in [6.45, 7) is 3.15. The van der Waals surface area contributed by atoms with Crippen molar-refractivity contribution in [2.45, 2.75) is 25.6 Å². The molecule has 8 heteroatoms. The lowest BCUT2D eigenvalue weighted by Crippen LogP contribution is -2.38. The number of halogens is 3. The predicted octanol–water partition coefficient (Wildman–Crippen LogP) is 1.73. The smallest absolute Gasteiger partial charge is 0.342 e. The molecule has 2 unspecified atom stereocenters. The van der Waals surface area contributed by atoms with Crippen LogP contribution in [0.1, 0.15) is 18.4 Å². The zero-order chi connectivity index (χ0) is 12.6. The second-order valence-corrected chi connectivity index (χ2v) is 5.11. The van der Waals surface area contributed by atoms with Crippen molar-refractivity contribution >= 4 is 16.5 Å². The third-order valence-corrected chi connectivity index (χ3v) is 4.03. The Balaban J connectivity index is 2.21. The molecule has 1 aromatic rings. The molecule has 1 aromatic heterocycles. The molecule has 0 radical (unpaired) electrons. The number of nitrogens with two attached hydrogens (primary N) is 1. The lowest BCUT2D eigenvalue weighted by atomic mass is 10.0. The van der Waals surface area contributed by atoms with Crippen LogP contribution in [-0.2, 0) is 6.18 Å². The summed E-state index contributed by atoms with van der Waals surface area (Å²) in [5.74, 6) is 0.373. The third kappa shape index (κ3) is 2.37. The van der Waals surface area contributed by atoms with Gasteiger partial charge in [0.1, 0.15) is 0 Å². The summed E-state index contributed by atoms with van der Waals surface area (Å²) in [5.41, 5.74) is 5.64. The van der Waals surface area contributed by atoms with E-state index < -0.39 is 11.2 Å². The third-order valence-electron chi connectivity index (χ3n) is 3.03. The number of nitrogens with zero attached hydrogens (tertiary/aromatic N) is 3. The highest BCUT2D eigenvalue weighted by molar-refractivity contribution is 7.15. The Hall–Kier alpha value is -0.890. The fourth-order valence-electron chi connectivity index (χ4n) is 2.05. The summed E-state index contributed by atoms with van der Waals surface area (Å²) < 4.78 is 37.2. The SMILES string of the molecule is CC1CCN(c2nnc(C(F)(F)F)s2)C1CN. The van der Waals surface area contributed by atoms with Crippen molar-refractivity contribution < 1.29 is 13.2 Å². The summed E-state index contributed by atoms with van der Waals surface area (Å²) in [6.07, 6.45) is -3.50. The molecule has 0 aromatic carbocycles. The van der Waals surface area contributed by atoms with E-state index in [0.29, 0.717) is 35.5 Å². The van der Waals surface area contributed by atoms with Gasteiger partial charge in [0.05, 0.1) is 0 Å². The normalized spacial score (nSPS) is 25.6. The van der Waals surface area contributed by atoms with Crippen molar-refractivity contribution in [3.63, 3.8) is 0 Å². The van der Waals surface area contributed by atoms with E-state index in [1.807, 2.05) is 11.8 Å². The maximum atomic E-state index is 12.4. The Morgan fingerprint density at radius 3 is 2.71 bits per heavy atom. The molecule has 2 rings (SSSR count). The molecule has 1 aliphatic heterocycles. The van der Waals surface area contributed by atoms with Gasteiger partial charge in [-0.25, -0.2) is 0 Å². The molecule has 0 amide bonds. The zero-order valence-corrected chi connectivity index (χ0v) is 10.1. The van der Waals surface area contributed by atoms with Gasteiger partial charge >= 0.3 is 6.18 Å². The van der Waals surface area contributed by atoms with E-state index in [4.69, 9.17) is 5.73 Å². The largest absolute Gasteiger partial charge is 0.445 e. The molecule has 96 valence electrons. The van der Waals surface area contributed by atoms with Gasteiger partial charge in [-0.1, -0.05) is 18.3 Å². The van der Waals surface area contributed by atoms with Crippen LogP contribution in [0.3, 0.4) is 0 Å². The second-order valence-electron chi connectivity index (χ2n) is 4.15. The van der Waals surface area contributed by atoms with Gasteiger partial charge in [0.25, 0.3) is 0 Å². The van der Waals surface area contributed by atoms with Crippen molar-refractivity contribution in [3.8, 4) is 0 Å². The van der Waals surface area contributed by atoms with Crippen molar-refractivity contribution in [1.82, 2.24) is 10.2 Å². The van der Waals surface area contributed by atoms with Crippen molar-refractivity contribution in [3.05, 3.63) is 5.01 Å².